The van der Waals surface area contributed by atoms with Crippen molar-refractivity contribution in [2.75, 3.05) is 9.80 Å². The van der Waals surface area contributed by atoms with E-state index in [1.165, 1.54) is 32.6 Å². The van der Waals surface area contributed by atoms with E-state index < -0.39 is 0 Å². The molecule has 0 radical (unpaired) electrons. The van der Waals surface area contributed by atoms with Crippen LogP contribution in [0.15, 0.2) is 406 Å². The highest BCUT2D eigenvalue weighted by Gasteiger charge is 2.29. The lowest BCUT2D eigenvalue weighted by Gasteiger charge is -2.27. The third kappa shape index (κ3) is 9.71. The number of fused-ring (bicyclic) bond motifs is 19. The Morgan fingerprint density at radius 1 is 0.184 bits per heavy atom. The van der Waals surface area contributed by atoms with Crippen LogP contribution in [0.4, 0.5) is 34.1 Å². The molecule has 24 rings (SSSR count). The molecule has 0 atom stereocenters. The summed E-state index contributed by atoms with van der Waals surface area (Å²) in [5, 5.41) is 15.2. The van der Waals surface area contributed by atoms with Crippen molar-refractivity contribution in [3.05, 3.63) is 388 Å². The Kier molecular flexibility index (Phi) is 14.0. The molecular weight excluding hydrogens is 1390 g/mol. The third-order valence-electron chi connectivity index (χ3n) is 23.5. The molecule has 0 saturated heterocycles. The second-order valence-corrected chi connectivity index (χ2v) is 29.7. The highest BCUT2D eigenvalue weighted by molar-refractivity contribution is 6.21. The molecule has 532 valence electrons. The van der Waals surface area contributed by atoms with E-state index in [9.17, 15) is 0 Å². The largest absolute Gasteiger partial charge is 0.454 e. The van der Waals surface area contributed by atoms with Gasteiger partial charge in [-0.25, -0.2) is 0 Å². The smallest absolute Gasteiger partial charge is 0.159 e. The molecule has 6 aromatic heterocycles. The van der Waals surface area contributed by atoms with Gasteiger partial charge in [-0.2, -0.15) is 0 Å². The molecule has 114 heavy (non-hydrogen) atoms. The third-order valence-corrected chi connectivity index (χ3v) is 23.5. The Hall–Kier alpha value is -15.4. The Morgan fingerprint density at radius 2 is 0.570 bits per heavy atom. The van der Waals surface area contributed by atoms with E-state index >= 15 is 0 Å². The van der Waals surface area contributed by atoms with Gasteiger partial charge < -0.3 is 36.6 Å². The van der Waals surface area contributed by atoms with Crippen LogP contribution in [-0.4, -0.2) is 9.13 Å². The summed E-state index contributed by atoms with van der Waals surface area (Å²) in [6, 6.07) is 139. The van der Waals surface area contributed by atoms with E-state index in [0.717, 1.165) is 200 Å². The zero-order chi connectivity index (χ0) is 74.6. The van der Waals surface area contributed by atoms with Crippen LogP contribution < -0.4 is 9.80 Å². The Morgan fingerprint density at radius 3 is 1.17 bits per heavy atom. The van der Waals surface area contributed by atoms with E-state index in [4.69, 9.17) is 17.7 Å². The van der Waals surface area contributed by atoms with Gasteiger partial charge in [-0.3, -0.25) is 0 Å². The van der Waals surface area contributed by atoms with Crippen LogP contribution >= 0.6 is 0 Å². The van der Waals surface area contributed by atoms with Crippen LogP contribution in [0, 0.1) is 0 Å². The molecule has 8 nitrogen and oxygen atoms in total. The molecule has 0 amide bonds. The lowest BCUT2D eigenvalue weighted by Crippen LogP contribution is -2.11. The summed E-state index contributed by atoms with van der Waals surface area (Å²) in [5.74, 6) is 0. The maximum Gasteiger partial charge on any atom is 0.159 e. The molecule has 0 aliphatic carbocycles. The standard InChI is InChI=1S/C106H64N4O4/c1-3-27-71(28-4-1)107-89-43-13-9-34-78(89)80-55-52-68(62-96(80)107)66-25-17-24-65(60-66)67-26-18-31-73(61-67)109(92-45-19-39-85-82-36-11-15-49-98(82)111-103(85)92)93-46-20-41-87-84-57-54-70(64-101(84)114-104(87)93)75-38-23-51-100-102(75)88-42-22-48-95(106(88)113-100)110(94-47-21-40-86-83-37-12-16-50-99(83)112-105(86)94)91-59-58-74(76-32-7-8-33-77(76)91)69-53-56-81-79-35-10-14-44-90(79)108(97(81)63-69)72-29-5-2-6-30-72/h1-64H. The van der Waals surface area contributed by atoms with Gasteiger partial charge in [0.2, 0.25) is 0 Å². The number of hydrogen-bond acceptors (Lipinski definition) is 6. The minimum absolute atomic E-state index is 0.743. The highest BCUT2D eigenvalue weighted by atomic mass is 16.3. The number of benzene rings is 18. The second kappa shape index (κ2) is 25.1. The van der Waals surface area contributed by atoms with Crippen LogP contribution in [0.1, 0.15) is 0 Å². The molecule has 18 aromatic carbocycles. The zero-order valence-electron chi connectivity index (χ0n) is 61.4. The Labute approximate surface area is 652 Å². The first-order valence-corrected chi connectivity index (χ1v) is 38.8. The van der Waals surface area contributed by atoms with Gasteiger partial charge >= 0.3 is 0 Å². The minimum atomic E-state index is 0.743. The van der Waals surface area contributed by atoms with Crippen molar-refractivity contribution in [1.29, 1.82) is 0 Å². The molecule has 0 bridgehead atoms. The first kappa shape index (κ1) is 63.5. The summed E-state index contributed by atoms with van der Waals surface area (Å²) < 4.78 is 33.5. The minimum Gasteiger partial charge on any atom is -0.454 e. The van der Waals surface area contributed by atoms with Gasteiger partial charge in [-0.15, -0.1) is 0 Å². The monoisotopic (exact) mass is 1460 g/mol. The van der Waals surface area contributed by atoms with Gasteiger partial charge in [0.1, 0.15) is 22.3 Å². The summed E-state index contributed by atoms with van der Waals surface area (Å²) in [7, 11) is 0. The quantitative estimate of drug-likeness (QED) is 0.121. The van der Waals surface area contributed by atoms with Gasteiger partial charge in [-0.05, 0) is 177 Å². The van der Waals surface area contributed by atoms with Crippen LogP contribution in [-0.2, 0) is 0 Å². The first-order chi connectivity index (χ1) is 56.5. The Bertz CT molecular complexity index is 8090. The predicted molar refractivity (Wildman–Crippen MR) is 473 cm³/mol. The van der Waals surface area contributed by atoms with Crippen molar-refractivity contribution in [2.45, 2.75) is 0 Å². The number of rotatable bonds is 12. The number of nitrogens with zero attached hydrogens (tertiary/aromatic N) is 4. The van der Waals surface area contributed by atoms with Crippen molar-refractivity contribution in [3.63, 3.8) is 0 Å². The summed E-state index contributed by atoms with van der Waals surface area (Å²) in [6.07, 6.45) is 0. The molecule has 0 unspecified atom stereocenters. The van der Waals surface area contributed by atoms with Gasteiger partial charge in [-0.1, -0.05) is 261 Å². The summed E-state index contributed by atoms with van der Waals surface area (Å²) in [5.41, 5.74) is 27.3. The number of para-hydroxylation sites is 10. The van der Waals surface area contributed by atoms with E-state index in [1.54, 1.807) is 0 Å². The molecule has 0 N–H and O–H groups in total. The molecule has 0 fully saturated rings. The first-order valence-electron chi connectivity index (χ1n) is 38.8. The van der Waals surface area contributed by atoms with Crippen molar-refractivity contribution in [1.82, 2.24) is 9.13 Å². The fourth-order valence-corrected chi connectivity index (χ4v) is 18.4. The lowest BCUT2D eigenvalue weighted by atomic mass is 9.95. The van der Waals surface area contributed by atoms with E-state index in [2.05, 4.69) is 395 Å². The van der Waals surface area contributed by atoms with Crippen molar-refractivity contribution < 1.29 is 17.7 Å². The van der Waals surface area contributed by atoms with Crippen molar-refractivity contribution in [3.8, 4) is 55.9 Å². The van der Waals surface area contributed by atoms with Crippen molar-refractivity contribution in [2.24, 2.45) is 0 Å². The number of furan rings is 4. The molecule has 0 aliphatic heterocycles. The van der Waals surface area contributed by atoms with Crippen molar-refractivity contribution >= 4 is 176 Å². The van der Waals surface area contributed by atoms with E-state index in [0.29, 0.717) is 0 Å². The molecule has 0 saturated carbocycles. The fraction of sp³-hybridized carbons (Fsp3) is 0. The summed E-state index contributed by atoms with van der Waals surface area (Å²) >= 11 is 0. The molecule has 0 aliphatic rings. The summed E-state index contributed by atoms with van der Waals surface area (Å²) in [4.78, 5) is 4.68. The maximum atomic E-state index is 7.41. The fourth-order valence-electron chi connectivity index (χ4n) is 18.4. The topological polar surface area (TPSA) is 68.9 Å². The lowest BCUT2D eigenvalue weighted by molar-refractivity contribution is 0.665. The molecule has 24 aromatic rings. The van der Waals surface area contributed by atoms with Crippen LogP contribution in [0.5, 0.6) is 0 Å². The number of aromatic nitrogens is 2. The number of anilines is 6. The van der Waals surface area contributed by atoms with Gasteiger partial charge in [0.05, 0.1) is 50.5 Å². The Balaban J connectivity index is 0.642. The summed E-state index contributed by atoms with van der Waals surface area (Å²) in [6.45, 7) is 0. The average molecular weight is 1460 g/mol. The molecule has 6 heterocycles. The SMILES string of the molecule is c1ccc(-n2c3ccccc3c3ccc(-c4cccc(-c5cccc(N(c6cccc7c6oc6ccccc67)c6cccc7c6oc6cc(-c8cccc9oc%10c(N(c%11ccc(-c%12ccc%13c%14ccccc%14n(-c%14ccccc%14)c%13c%12)c%12ccccc%11%12)c%11cccc%12c%11oc%11ccccc%11%12)cccc%10c89)ccc67)c5)c4)cc32)cc1. The van der Waals surface area contributed by atoms with Gasteiger partial charge in [0, 0.05) is 87.1 Å². The molecule has 0 spiro atoms. The predicted octanol–water partition coefficient (Wildman–Crippen LogP) is 30.2. The van der Waals surface area contributed by atoms with E-state index in [1.807, 2.05) is 12.1 Å². The van der Waals surface area contributed by atoms with Gasteiger partial charge in [0.15, 0.2) is 22.3 Å². The number of hydrogen-bond donors (Lipinski definition) is 0. The second-order valence-electron chi connectivity index (χ2n) is 29.7. The van der Waals surface area contributed by atoms with E-state index in [-0.39, 0.29) is 0 Å². The molecule has 8 heteroatoms. The highest BCUT2D eigenvalue weighted by Crippen LogP contribution is 2.53. The van der Waals surface area contributed by atoms with Crippen LogP contribution in [0.3, 0.4) is 0 Å². The van der Waals surface area contributed by atoms with Crippen LogP contribution in [0.25, 0.3) is 198 Å². The van der Waals surface area contributed by atoms with Crippen LogP contribution in [0.2, 0.25) is 0 Å². The normalized spacial score (nSPS) is 12.0. The maximum absolute atomic E-state index is 7.41. The average Bonchev–Trinajstić information content (AvgIpc) is 1.45. The zero-order valence-corrected chi connectivity index (χ0v) is 61.4. The molecular formula is C106H64N4O4. The van der Waals surface area contributed by atoms with Gasteiger partial charge in [0.25, 0.3) is 0 Å².